The third-order valence-electron chi connectivity index (χ3n) is 4.03. The zero-order valence-corrected chi connectivity index (χ0v) is 12.1. The van der Waals surface area contributed by atoms with Crippen LogP contribution in [0, 0.1) is 0 Å². The summed E-state index contributed by atoms with van der Waals surface area (Å²) in [5.74, 6) is 3.23. The molecule has 0 radical (unpaired) electrons. The molecular formula is C15H27N3. The SMILES string of the molecule is CCCn1c(C2CCCCC2)nc(C(C)C)c1N. The van der Waals surface area contributed by atoms with Crippen LogP contribution in [0.25, 0.3) is 0 Å². The van der Waals surface area contributed by atoms with Crippen molar-refractivity contribution in [2.75, 3.05) is 5.73 Å². The number of hydrogen-bond donors (Lipinski definition) is 1. The van der Waals surface area contributed by atoms with E-state index in [1.54, 1.807) is 0 Å². The van der Waals surface area contributed by atoms with Gasteiger partial charge in [0.1, 0.15) is 11.6 Å². The van der Waals surface area contributed by atoms with Crippen molar-refractivity contribution in [3.05, 3.63) is 11.5 Å². The summed E-state index contributed by atoms with van der Waals surface area (Å²) in [5, 5.41) is 0. The van der Waals surface area contributed by atoms with Crippen LogP contribution in [-0.4, -0.2) is 9.55 Å². The van der Waals surface area contributed by atoms with E-state index in [2.05, 4.69) is 25.3 Å². The molecule has 3 heteroatoms. The first-order valence-electron chi connectivity index (χ1n) is 7.50. The van der Waals surface area contributed by atoms with E-state index in [4.69, 9.17) is 10.7 Å². The Balaban J connectivity index is 2.34. The van der Waals surface area contributed by atoms with Crippen molar-refractivity contribution in [3.63, 3.8) is 0 Å². The minimum absolute atomic E-state index is 0.422. The second-order valence-electron chi connectivity index (χ2n) is 5.88. The minimum atomic E-state index is 0.422. The minimum Gasteiger partial charge on any atom is -0.384 e. The van der Waals surface area contributed by atoms with Crippen molar-refractivity contribution in [2.24, 2.45) is 0 Å². The monoisotopic (exact) mass is 249 g/mol. The fraction of sp³-hybridized carbons (Fsp3) is 0.800. The van der Waals surface area contributed by atoms with Crippen molar-refractivity contribution in [2.45, 2.75) is 77.7 Å². The van der Waals surface area contributed by atoms with Crippen LogP contribution in [0.4, 0.5) is 5.82 Å². The molecule has 0 unspecified atom stereocenters. The van der Waals surface area contributed by atoms with Crippen molar-refractivity contribution >= 4 is 5.82 Å². The summed E-state index contributed by atoms with van der Waals surface area (Å²) in [6, 6.07) is 0. The molecule has 18 heavy (non-hydrogen) atoms. The van der Waals surface area contributed by atoms with E-state index in [1.165, 1.54) is 37.9 Å². The number of imidazole rings is 1. The van der Waals surface area contributed by atoms with Crippen LogP contribution in [0.3, 0.4) is 0 Å². The van der Waals surface area contributed by atoms with Gasteiger partial charge in [-0.3, -0.25) is 0 Å². The lowest BCUT2D eigenvalue weighted by Crippen LogP contribution is -2.13. The standard InChI is InChI=1S/C15H27N3/c1-4-10-18-14(16)13(11(2)3)17-15(18)12-8-6-5-7-9-12/h11-12H,4-10,16H2,1-3H3. The average molecular weight is 249 g/mol. The first-order chi connectivity index (χ1) is 8.65. The summed E-state index contributed by atoms with van der Waals surface area (Å²) in [4.78, 5) is 4.89. The predicted octanol–water partition coefficient (Wildman–Crippen LogP) is 4.05. The molecule has 1 aliphatic rings. The zero-order chi connectivity index (χ0) is 13.1. The number of nitrogens with zero attached hydrogens (tertiary/aromatic N) is 2. The zero-order valence-electron chi connectivity index (χ0n) is 12.1. The summed E-state index contributed by atoms with van der Waals surface area (Å²) in [6.07, 6.45) is 7.78. The number of hydrogen-bond acceptors (Lipinski definition) is 2. The molecule has 0 atom stereocenters. The van der Waals surface area contributed by atoms with Gasteiger partial charge in [0.15, 0.2) is 0 Å². The molecule has 1 aromatic rings. The Bertz CT molecular complexity index is 387. The highest BCUT2D eigenvalue weighted by molar-refractivity contribution is 5.41. The second kappa shape index (κ2) is 5.77. The molecule has 1 saturated carbocycles. The molecular weight excluding hydrogens is 222 g/mol. The van der Waals surface area contributed by atoms with Crippen molar-refractivity contribution in [1.82, 2.24) is 9.55 Å². The quantitative estimate of drug-likeness (QED) is 0.875. The van der Waals surface area contributed by atoms with Gasteiger partial charge in [-0.15, -0.1) is 0 Å². The maximum absolute atomic E-state index is 6.30. The molecule has 0 saturated heterocycles. The number of nitrogens with two attached hydrogens (primary N) is 1. The number of nitrogen functional groups attached to an aromatic ring is 1. The first kappa shape index (κ1) is 13.4. The molecule has 1 aliphatic carbocycles. The highest BCUT2D eigenvalue weighted by atomic mass is 15.1. The van der Waals surface area contributed by atoms with Gasteiger partial charge in [0.2, 0.25) is 0 Å². The molecule has 0 aliphatic heterocycles. The van der Waals surface area contributed by atoms with Crippen LogP contribution in [0.5, 0.6) is 0 Å². The van der Waals surface area contributed by atoms with Crippen molar-refractivity contribution in [3.8, 4) is 0 Å². The molecule has 1 fully saturated rings. The van der Waals surface area contributed by atoms with Crippen LogP contribution in [0.15, 0.2) is 0 Å². The van der Waals surface area contributed by atoms with E-state index in [0.717, 1.165) is 24.5 Å². The van der Waals surface area contributed by atoms with E-state index in [0.29, 0.717) is 11.8 Å². The number of anilines is 1. The Kier molecular flexibility index (Phi) is 4.31. The fourth-order valence-electron chi connectivity index (χ4n) is 3.06. The largest absolute Gasteiger partial charge is 0.384 e. The third-order valence-corrected chi connectivity index (χ3v) is 4.03. The van der Waals surface area contributed by atoms with E-state index in [-0.39, 0.29) is 0 Å². The maximum atomic E-state index is 6.30. The van der Waals surface area contributed by atoms with Crippen LogP contribution in [0.2, 0.25) is 0 Å². The average Bonchev–Trinajstić information content (AvgIpc) is 2.69. The second-order valence-corrected chi connectivity index (χ2v) is 5.88. The van der Waals surface area contributed by atoms with Gasteiger partial charge < -0.3 is 10.3 Å². The number of rotatable bonds is 4. The molecule has 2 rings (SSSR count). The summed E-state index contributed by atoms with van der Waals surface area (Å²) in [7, 11) is 0. The smallest absolute Gasteiger partial charge is 0.127 e. The lowest BCUT2D eigenvalue weighted by atomic mass is 9.88. The van der Waals surface area contributed by atoms with Crippen LogP contribution >= 0.6 is 0 Å². The van der Waals surface area contributed by atoms with E-state index < -0.39 is 0 Å². The lowest BCUT2D eigenvalue weighted by Gasteiger charge is -2.22. The molecule has 0 amide bonds. The van der Waals surface area contributed by atoms with Gasteiger partial charge in [-0.25, -0.2) is 4.98 Å². The Morgan fingerprint density at radius 2 is 1.94 bits per heavy atom. The summed E-state index contributed by atoms with van der Waals surface area (Å²) >= 11 is 0. The van der Waals surface area contributed by atoms with Gasteiger partial charge in [0, 0.05) is 12.5 Å². The fourth-order valence-corrected chi connectivity index (χ4v) is 3.06. The predicted molar refractivity (Wildman–Crippen MR) is 76.8 cm³/mol. The Morgan fingerprint density at radius 3 is 2.50 bits per heavy atom. The molecule has 1 aromatic heterocycles. The van der Waals surface area contributed by atoms with Gasteiger partial charge in [0.25, 0.3) is 0 Å². The van der Waals surface area contributed by atoms with Gasteiger partial charge in [0.05, 0.1) is 5.69 Å². The lowest BCUT2D eigenvalue weighted by molar-refractivity contribution is 0.415. The number of aromatic nitrogens is 2. The highest BCUT2D eigenvalue weighted by Crippen LogP contribution is 2.35. The highest BCUT2D eigenvalue weighted by Gasteiger charge is 2.24. The van der Waals surface area contributed by atoms with Gasteiger partial charge in [-0.1, -0.05) is 40.0 Å². The third kappa shape index (κ3) is 2.55. The van der Waals surface area contributed by atoms with Crippen molar-refractivity contribution < 1.29 is 0 Å². The van der Waals surface area contributed by atoms with Crippen LogP contribution in [-0.2, 0) is 6.54 Å². The summed E-state index contributed by atoms with van der Waals surface area (Å²) in [5.41, 5.74) is 7.40. The topological polar surface area (TPSA) is 43.8 Å². The Hall–Kier alpha value is -0.990. The molecule has 1 heterocycles. The molecule has 0 aromatic carbocycles. The normalized spacial score (nSPS) is 17.6. The Morgan fingerprint density at radius 1 is 1.28 bits per heavy atom. The maximum Gasteiger partial charge on any atom is 0.127 e. The van der Waals surface area contributed by atoms with Gasteiger partial charge in [-0.2, -0.15) is 0 Å². The van der Waals surface area contributed by atoms with E-state index in [9.17, 15) is 0 Å². The van der Waals surface area contributed by atoms with Crippen molar-refractivity contribution in [1.29, 1.82) is 0 Å². The van der Waals surface area contributed by atoms with E-state index >= 15 is 0 Å². The molecule has 2 N–H and O–H groups in total. The summed E-state index contributed by atoms with van der Waals surface area (Å²) < 4.78 is 2.28. The molecule has 0 spiro atoms. The Labute approximate surface area is 111 Å². The molecule has 102 valence electrons. The molecule has 3 nitrogen and oxygen atoms in total. The van der Waals surface area contributed by atoms with Crippen LogP contribution < -0.4 is 5.73 Å². The first-order valence-corrected chi connectivity index (χ1v) is 7.50. The summed E-state index contributed by atoms with van der Waals surface area (Å²) in [6.45, 7) is 7.58. The van der Waals surface area contributed by atoms with Gasteiger partial charge in [-0.05, 0) is 25.2 Å². The van der Waals surface area contributed by atoms with Gasteiger partial charge >= 0.3 is 0 Å². The van der Waals surface area contributed by atoms with Crippen LogP contribution in [0.1, 0.15) is 82.7 Å². The van der Waals surface area contributed by atoms with E-state index in [1.807, 2.05) is 0 Å². The molecule has 0 bridgehead atoms.